The van der Waals surface area contributed by atoms with Crippen LogP contribution in [-0.2, 0) is 19.7 Å². The largest absolute Gasteiger partial charge is 0.465 e. The number of nitrogens with zero attached hydrogens (tertiary/aromatic N) is 1. The summed E-state index contributed by atoms with van der Waals surface area (Å²) in [6, 6.07) is 25.5. The van der Waals surface area contributed by atoms with Crippen molar-refractivity contribution in [2.75, 3.05) is 11.9 Å². The van der Waals surface area contributed by atoms with Crippen molar-refractivity contribution in [1.82, 2.24) is 5.16 Å². The lowest BCUT2D eigenvalue weighted by Gasteiger charge is -2.15. The molecule has 0 aliphatic heterocycles. The fourth-order valence-electron chi connectivity index (χ4n) is 4.61. The molecular formula is C31H30N2O5. The Kier molecular flexibility index (Phi) is 7.01. The van der Waals surface area contributed by atoms with Crippen LogP contribution >= 0.6 is 0 Å². The molecule has 0 bridgehead atoms. The molecule has 1 atom stereocenters. The average Bonchev–Trinajstić information content (AvgIpc) is 3.68. The van der Waals surface area contributed by atoms with Gasteiger partial charge in [-0.25, -0.2) is 4.79 Å². The number of rotatable bonds is 8. The first-order chi connectivity index (χ1) is 18.4. The Labute approximate surface area is 221 Å². The summed E-state index contributed by atoms with van der Waals surface area (Å²) in [6.45, 7) is 5.79. The van der Waals surface area contributed by atoms with Crippen molar-refractivity contribution in [3.63, 3.8) is 0 Å². The van der Waals surface area contributed by atoms with Gasteiger partial charge in [0.05, 0.1) is 12.0 Å². The molecule has 1 aromatic heterocycles. The summed E-state index contributed by atoms with van der Waals surface area (Å²) in [4.78, 5) is 25.0. The van der Waals surface area contributed by atoms with Crippen molar-refractivity contribution in [1.29, 1.82) is 0 Å². The van der Waals surface area contributed by atoms with E-state index in [-0.39, 0.29) is 5.97 Å². The van der Waals surface area contributed by atoms with Gasteiger partial charge in [0.1, 0.15) is 17.5 Å². The number of aromatic nitrogens is 1. The quantitative estimate of drug-likeness (QED) is 0.252. The number of carbonyl (C=O) groups excluding carboxylic acids is 2. The van der Waals surface area contributed by atoms with Crippen LogP contribution in [0.5, 0.6) is 0 Å². The van der Waals surface area contributed by atoms with E-state index >= 15 is 0 Å². The molecule has 38 heavy (non-hydrogen) atoms. The molecule has 1 heterocycles. The standard InChI is InChI=1S/C31H30N2O5/c1-4-36-29(34)31(18-19-31)26-16-14-24(15-17-26)23-10-12-25(13-11-23)28-27(21(3)38-33-28)32-30(35)37-20(2)22-8-6-5-7-9-22/h5-17,20H,4,18-19H2,1-3H3,(H,32,35). The van der Waals surface area contributed by atoms with Gasteiger partial charge >= 0.3 is 12.1 Å². The molecule has 4 aromatic rings. The van der Waals surface area contributed by atoms with Crippen LogP contribution in [0.4, 0.5) is 10.5 Å². The molecule has 1 amide bonds. The number of anilines is 1. The van der Waals surface area contributed by atoms with Crippen molar-refractivity contribution >= 4 is 17.7 Å². The minimum absolute atomic E-state index is 0.136. The number of hydrogen-bond donors (Lipinski definition) is 1. The molecular weight excluding hydrogens is 480 g/mol. The van der Waals surface area contributed by atoms with Crippen molar-refractivity contribution in [3.05, 3.63) is 95.7 Å². The molecule has 5 rings (SSSR count). The molecule has 1 fully saturated rings. The number of aryl methyl sites for hydroxylation is 1. The maximum Gasteiger partial charge on any atom is 0.412 e. The molecule has 1 aliphatic carbocycles. The van der Waals surface area contributed by atoms with Gasteiger partial charge < -0.3 is 14.0 Å². The van der Waals surface area contributed by atoms with Gasteiger partial charge in [0.15, 0.2) is 5.76 Å². The van der Waals surface area contributed by atoms with Crippen molar-refractivity contribution in [3.8, 4) is 22.4 Å². The van der Waals surface area contributed by atoms with Gasteiger partial charge in [-0.3, -0.25) is 10.1 Å². The summed E-state index contributed by atoms with van der Waals surface area (Å²) in [5, 5.41) is 6.96. The second-order valence-corrected chi connectivity index (χ2v) is 9.50. The number of hydrogen-bond acceptors (Lipinski definition) is 6. The molecule has 3 aromatic carbocycles. The van der Waals surface area contributed by atoms with E-state index in [0.29, 0.717) is 23.7 Å². The van der Waals surface area contributed by atoms with E-state index in [2.05, 4.69) is 10.5 Å². The Hall–Kier alpha value is -4.39. The summed E-state index contributed by atoms with van der Waals surface area (Å²) in [5.74, 6) is 0.349. The molecule has 1 aliphatic rings. The van der Waals surface area contributed by atoms with E-state index in [0.717, 1.165) is 40.7 Å². The lowest BCUT2D eigenvalue weighted by Crippen LogP contribution is -2.23. The molecule has 194 valence electrons. The summed E-state index contributed by atoms with van der Waals surface area (Å²) in [7, 11) is 0. The second kappa shape index (κ2) is 10.5. The number of benzene rings is 3. The summed E-state index contributed by atoms with van der Waals surface area (Å²) in [5.41, 5.74) is 5.28. The van der Waals surface area contributed by atoms with E-state index in [9.17, 15) is 9.59 Å². The fraction of sp³-hybridized carbons (Fsp3) is 0.258. The van der Waals surface area contributed by atoms with Gasteiger partial charge in [-0.2, -0.15) is 0 Å². The molecule has 0 saturated heterocycles. The second-order valence-electron chi connectivity index (χ2n) is 9.50. The highest BCUT2D eigenvalue weighted by atomic mass is 16.6. The SMILES string of the molecule is CCOC(=O)C1(c2ccc(-c3ccc(-c4noc(C)c4NC(=O)OC(C)c4ccccc4)cc3)cc2)CC1. The minimum atomic E-state index is -0.582. The summed E-state index contributed by atoms with van der Waals surface area (Å²) >= 11 is 0. The third kappa shape index (κ3) is 5.05. The number of amides is 1. The number of ether oxygens (including phenoxy) is 2. The number of esters is 1. The molecule has 0 spiro atoms. The highest BCUT2D eigenvalue weighted by Crippen LogP contribution is 2.49. The smallest absolute Gasteiger partial charge is 0.412 e. The number of carbonyl (C=O) groups is 2. The third-order valence-corrected chi connectivity index (χ3v) is 6.99. The number of nitrogens with one attached hydrogen (secondary N) is 1. The van der Waals surface area contributed by atoms with Crippen LogP contribution in [0.25, 0.3) is 22.4 Å². The maximum atomic E-state index is 12.6. The Morgan fingerprint density at radius 3 is 2.16 bits per heavy atom. The van der Waals surface area contributed by atoms with Crippen LogP contribution in [-0.4, -0.2) is 23.8 Å². The first-order valence-electron chi connectivity index (χ1n) is 12.8. The average molecular weight is 511 g/mol. The molecule has 1 saturated carbocycles. The fourth-order valence-corrected chi connectivity index (χ4v) is 4.61. The van der Waals surface area contributed by atoms with E-state index < -0.39 is 17.6 Å². The molecule has 7 heteroatoms. The normalized spacial score (nSPS) is 14.4. The topological polar surface area (TPSA) is 90.7 Å². The third-order valence-electron chi connectivity index (χ3n) is 6.99. The zero-order valence-corrected chi connectivity index (χ0v) is 21.7. The lowest BCUT2D eigenvalue weighted by atomic mass is 9.93. The maximum absolute atomic E-state index is 12.6. The van der Waals surface area contributed by atoms with E-state index in [4.69, 9.17) is 14.0 Å². The Morgan fingerprint density at radius 2 is 1.55 bits per heavy atom. The zero-order chi connectivity index (χ0) is 26.7. The van der Waals surface area contributed by atoms with E-state index in [1.807, 2.05) is 92.7 Å². The Morgan fingerprint density at radius 1 is 0.947 bits per heavy atom. The van der Waals surface area contributed by atoms with Crippen LogP contribution in [0.1, 0.15) is 49.7 Å². The molecule has 0 radical (unpaired) electrons. The molecule has 1 unspecified atom stereocenters. The van der Waals surface area contributed by atoms with Gasteiger partial charge in [-0.15, -0.1) is 0 Å². The Bertz CT molecular complexity index is 1420. The summed E-state index contributed by atoms with van der Waals surface area (Å²) < 4.78 is 16.2. The van der Waals surface area contributed by atoms with E-state index in [1.54, 1.807) is 6.92 Å². The minimum Gasteiger partial charge on any atom is -0.465 e. The predicted octanol–water partition coefficient (Wildman–Crippen LogP) is 7.22. The van der Waals surface area contributed by atoms with Crippen LogP contribution in [0, 0.1) is 6.92 Å². The first-order valence-corrected chi connectivity index (χ1v) is 12.8. The highest BCUT2D eigenvalue weighted by molar-refractivity contribution is 5.91. The van der Waals surface area contributed by atoms with Crippen LogP contribution in [0.2, 0.25) is 0 Å². The van der Waals surface area contributed by atoms with Crippen molar-refractivity contribution in [2.24, 2.45) is 0 Å². The molecule has 1 N–H and O–H groups in total. The zero-order valence-electron chi connectivity index (χ0n) is 21.7. The van der Waals surface area contributed by atoms with Gasteiger partial charge in [-0.1, -0.05) is 84.0 Å². The van der Waals surface area contributed by atoms with Gasteiger partial charge in [0, 0.05) is 5.56 Å². The highest BCUT2D eigenvalue weighted by Gasteiger charge is 2.52. The monoisotopic (exact) mass is 510 g/mol. The van der Waals surface area contributed by atoms with Crippen LogP contribution in [0.15, 0.2) is 83.4 Å². The predicted molar refractivity (Wildman–Crippen MR) is 145 cm³/mol. The summed E-state index contributed by atoms with van der Waals surface area (Å²) in [6.07, 6.45) is 0.664. The van der Waals surface area contributed by atoms with Gasteiger partial charge in [0.25, 0.3) is 0 Å². The van der Waals surface area contributed by atoms with Crippen molar-refractivity contribution < 1.29 is 23.6 Å². The first kappa shape index (κ1) is 25.3. The Balaban J connectivity index is 1.29. The lowest BCUT2D eigenvalue weighted by molar-refractivity contribution is -0.146. The van der Waals surface area contributed by atoms with E-state index in [1.165, 1.54) is 0 Å². The van der Waals surface area contributed by atoms with Crippen LogP contribution in [0.3, 0.4) is 0 Å². The van der Waals surface area contributed by atoms with Gasteiger partial charge in [0.2, 0.25) is 0 Å². The van der Waals surface area contributed by atoms with Gasteiger partial charge in [-0.05, 0) is 55.9 Å². The molecule has 7 nitrogen and oxygen atoms in total. The van der Waals surface area contributed by atoms with Crippen LogP contribution < -0.4 is 5.32 Å². The van der Waals surface area contributed by atoms with Crippen molar-refractivity contribution in [2.45, 2.75) is 45.1 Å².